The lowest BCUT2D eigenvalue weighted by Gasteiger charge is -2.13. The molecule has 0 aliphatic carbocycles. The lowest BCUT2D eigenvalue weighted by molar-refractivity contribution is -0.115. The third-order valence-corrected chi connectivity index (χ3v) is 5.59. The monoisotopic (exact) mass is 520 g/mol. The maximum Gasteiger partial charge on any atom is 0.250 e. The van der Waals surface area contributed by atoms with Crippen LogP contribution in [0.15, 0.2) is 95.4 Å². The topological polar surface area (TPSA) is 71.3 Å². The molecule has 0 radical (unpaired) electrons. The van der Waals surface area contributed by atoms with Crippen LogP contribution in [-0.2, 0) is 4.79 Å². The third kappa shape index (κ3) is 6.45. The zero-order valence-corrected chi connectivity index (χ0v) is 20.5. The van der Waals surface area contributed by atoms with Crippen LogP contribution in [0.2, 0.25) is 10.0 Å². The van der Waals surface area contributed by atoms with Crippen molar-refractivity contribution < 1.29 is 14.0 Å². The largest absolute Gasteiger partial charge is 0.457 e. The number of furan rings is 1. The highest BCUT2D eigenvalue weighted by Gasteiger charge is 2.15. The Morgan fingerprint density at radius 2 is 1.57 bits per heavy atom. The van der Waals surface area contributed by atoms with E-state index in [4.69, 9.17) is 39.8 Å². The van der Waals surface area contributed by atoms with Crippen molar-refractivity contribution >= 4 is 64.0 Å². The lowest BCUT2D eigenvalue weighted by atomic mass is 10.0. The fourth-order valence-electron chi connectivity index (χ4n) is 3.24. The van der Waals surface area contributed by atoms with Crippen LogP contribution in [0.4, 0.5) is 5.69 Å². The van der Waals surface area contributed by atoms with Crippen molar-refractivity contribution in [2.75, 3.05) is 5.32 Å². The third-order valence-electron chi connectivity index (χ3n) is 4.90. The molecule has 174 valence electrons. The smallest absolute Gasteiger partial charge is 0.250 e. The molecule has 4 aromatic rings. The summed E-state index contributed by atoms with van der Waals surface area (Å²) >= 11 is 17.3. The van der Waals surface area contributed by atoms with Gasteiger partial charge in [-0.25, -0.2) is 0 Å². The van der Waals surface area contributed by atoms with E-state index in [1.807, 2.05) is 18.2 Å². The molecule has 0 atom stereocenters. The van der Waals surface area contributed by atoms with E-state index in [9.17, 15) is 9.59 Å². The van der Waals surface area contributed by atoms with Crippen LogP contribution in [0.5, 0.6) is 0 Å². The maximum absolute atomic E-state index is 12.9. The zero-order valence-electron chi connectivity index (χ0n) is 18.1. The van der Waals surface area contributed by atoms with E-state index in [-0.39, 0.29) is 10.9 Å². The summed E-state index contributed by atoms with van der Waals surface area (Å²) < 4.78 is 5.75. The summed E-state index contributed by atoms with van der Waals surface area (Å²) in [6, 6.07) is 24.4. The molecule has 1 aromatic heterocycles. The van der Waals surface area contributed by atoms with Crippen LogP contribution >= 0.6 is 35.4 Å². The Morgan fingerprint density at radius 3 is 2.31 bits per heavy atom. The van der Waals surface area contributed by atoms with Crippen molar-refractivity contribution in [1.29, 1.82) is 0 Å². The average molecular weight is 521 g/mol. The van der Waals surface area contributed by atoms with Gasteiger partial charge in [0.1, 0.15) is 11.5 Å². The van der Waals surface area contributed by atoms with Crippen LogP contribution in [0.25, 0.3) is 17.4 Å². The van der Waals surface area contributed by atoms with Gasteiger partial charge in [0.15, 0.2) is 10.9 Å². The summed E-state index contributed by atoms with van der Waals surface area (Å²) in [6.07, 6.45) is 2.83. The summed E-state index contributed by atoms with van der Waals surface area (Å²) in [5.74, 6) is 0.463. The summed E-state index contributed by atoms with van der Waals surface area (Å²) in [6.45, 7) is 0. The van der Waals surface area contributed by atoms with Crippen LogP contribution in [0.1, 0.15) is 21.7 Å². The highest BCUT2D eigenvalue weighted by Crippen LogP contribution is 2.25. The number of anilines is 1. The van der Waals surface area contributed by atoms with E-state index in [1.165, 1.54) is 12.2 Å². The average Bonchev–Trinajstić information content (AvgIpc) is 3.33. The first-order valence-electron chi connectivity index (χ1n) is 10.4. The molecule has 0 saturated carbocycles. The van der Waals surface area contributed by atoms with E-state index in [0.29, 0.717) is 38.4 Å². The molecule has 1 heterocycles. The molecule has 2 N–H and O–H groups in total. The zero-order chi connectivity index (χ0) is 24.8. The van der Waals surface area contributed by atoms with Gasteiger partial charge in [0.05, 0.1) is 5.69 Å². The number of hydrogen-bond donors (Lipinski definition) is 2. The van der Waals surface area contributed by atoms with Gasteiger partial charge in [-0.05, 0) is 72.9 Å². The molecule has 0 aliphatic rings. The molecular formula is C27H18Cl2N2O3S. The van der Waals surface area contributed by atoms with Gasteiger partial charge >= 0.3 is 0 Å². The molecule has 3 aromatic carbocycles. The van der Waals surface area contributed by atoms with E-state index in [0.717, 1.165) is 5.56 Å². The Morgan fingerprint density at radius 1 is 0.857 bits per heavy atom. The molecule has 0 fully saturated rings. The van der Waals surface area contributed by atoms with Gasteiger partial charge in [0.2, 0.25) is 5.91 Å². The molecule has 1 amide bonds. The highest BCUT2D eigenvalue weighted by atomic mass is 35.5. The Bertz CT molecular complexity index is 1410. The summed E-state index contributed by atoms with van der Waals surface area (Å²) in [4.78, 5) is 25.3. The summed E-state index contributed by atoms with van der Waals surface area (Å²) in [5, 5.41) is 6.53. The number of ketones is 1. The normalized spacial score (nSPS) is 10.8. The quantitative estimate of drug-likeness (QED) is 0.162. The van der Waals surface area contributed by atoms with Gasteiger partial charge in [-0.15, -0.1) is 0 Å². The number of carbonyl (C=O) groups is 2. The molecule has 0 spiro atoms. The van der Waals surface area contributed by atoms with Gasteiger partial charge in [0.25, 0.3) is 0 Å². The molecule has 0 saturated heterocycles. The molecule has 0 bridgehead atoms. The molecule has 0 aliphatic heterocycles. The molecule has 5 nitrogen and oxygen atoms in total. The number of thiocarbonyl (C=S) groups is 1. The molecule has 8 heteroatoms. The van der Waals surface area contributed by atoms with Crippen molar-refractivity contribution in [3.05, 3.63) is 118 Å². The number of carbonyl (C=O) groups excluding carboxylic acids is 2. The molecular weight excluding hydrogens is 503 g/mol. The number of rotatable bonds is 6. The standard InChI is InChI=1S/C27H18Cl2N2O3S/c28-19-8-6-17(7-9-19)24-14-11-21(34-24)12-15-25(32)31-27(35)30-23-13-10-20(29)16-22(23)26(33)18-4-2-1-3-5-18/h1-16H,(H2,30,31,32,35). The van der Waals surface area contributed by atoms with E-state index >= 15 is 0 Å². The minimum atomic E-state index is -0.461. The Hall–Kier alpha value is -3.71. The highest BCUT2D eigenvalue weighted by molar-refractivity contribution is 7.80. The Kier molecular flexibility index (Phi) is 7.77. The molecule has 4 rings (SSSR count). The predicted molar refractivity (Wildman–Crippen MR) is 144 cm³/mol. The van der Waals surface area contributed by atoms with Gasteiger partial charge < -0.3 is 9.73 Å². The minimum absolute atomic E-state index is 0.0328. The van der Waals surface area contributed by atoms with Crippen molar-refractivity contribution in [2.45, 2.75) is 0 Å². The second-order valence-electron chi connectivity index (χ2n) is 7.37. The number of hydrogen-bond acceptors (Lipinski definition) is 4. The first kappa shape index (κ1) is 24.4. The van der Waals surface area contributed by atoms with E-state index in [2.05, 4.69) is 10.6 Å². The number of amides is 1. The second-order valence-corrected chi connectivity index (χ2v) is 8.65. The minimum Gasteiger partial charge on any atom is -0.457 e. The number of halogens is 2. The van der Waals surface area contributed by atoms with Gasteiger partial charge in [0, 0.05) is 32.8 Å². The fraction of sp³-hybridized carbons (Fsp3) is 0. The van der Waals surface area contributed by atoms with Gasteiger partial charge in [-0.3, -0.25) is 14.9 Å². The van der Waals surface area contributed by atoms with Crippen LogP contribution in [0.3, 0.4) is 0 Å². The van der Waals surface area contributed by atoms with Gasteiger partial charge in [-0.2, -0.15) is 0 Å². The fourth-order valence-corrected chi connectivity index (χ4v) is 3.74. The SMILES string of the molecule is O=C(C=Cc1ccc(-c2ccc(Cl)cc2)o1)NC(=S)Nc1ccc(Cl)cc1C(=O)c1ccccc1. The summed E-state index contributed by atoms with van der Waals surface area (Å²) in [7, 11) is 0. The Labute approximate surface area is 217 Å². The first-order valence-corrected chi connectivity index (χ1v) is 11.6. The predicted octanol–water partition coefficient (Wildman–Crippen LogP) is 7.01. The van der Waals surface area contributed by atoms with E-state index < -0.39 is 5.91 Å². The molecule has 35 heavy (non-hydrogen) atoms. The van der Waals surface area contributed by atoms with Crippen LogP contribution in [0, 0.1) is 0 Å². The van der Waals surface area contributed by atoms with Crippen molar-refractivity contribution in [2.24, 2.45) is 0 Å². The summed E-state index contributed by atoms with van der Waals surface area (Å²) in [5.41, 5.74) is 2.14. The first-order chi connectivity index (χ1) is 16.9. The number of benzene rings is 3. The van der Waals surface area contributed by atoms with E-state index in [1.54, 1.807) is 66.7 Å². The van der Waals surface area contributed by atoms with Crippen LogP contribution in [-0.4, -0.2) is 16.8 Å². The van der Waals surface area contributed by atoms with Crippen molar-refractivity contribution in [1.82, 2.24) is 5.32 Å². The van der Waals surface area contributed by atoms with Gasteiger partial charge in [-0.1, -0.05) is 53.5 Å². The van der Waals surface area contributed by atoms with Crippen molar-refractivity contribution in [3.8, 4) is 11.3 Å². The maximum atomic E-state index is 12.9. The Balaban J connectivity index is 1.40. The second kappa shape index (κ2) is 11.1. The van der Waals surface area contributed by atoms with Crippen LogP contribution < -0.4 is 10.6 Å². The number of nitrogens with one attached hydrogen (secondary N) is 2. The lowest BCUT2D eigenvalue weighted by Crippen LogP contribution is -2.33. The van der Waals surface area contributed by atoms with Crippen molar-refractivity contribution in [3.63, 3.8) is 0 Å². The molecule has 0 unspecified atom stereocenters.